The predicted molar refractivity (Wildman–Crippen MR) is 42.4 cm³/mol. The van der Waals surface area contributed by atoms with Gasteiger partial charge in [-0.05, 0) is 11.9 Å². The van der Waals surface area contributed by atoms with Gasteiger partial charge in [0.15, 0.2) is 23.3 Å². The van der Waals surface area contributed by atoms with Crippen LogP contribution >= 0.6 is 0 Å². The molecule has 0 radical (unpaired) electrons. The van der Waals surface area contributed by atoms with E-state index in [4.69, 9.17) is 4.55 Å². The molecular formula is C7H4F4O2S. The quantitative estimate of drug-likeness (QED) is 0.344. The molecule has 0 aliphatic rings. The Hall–Kier alpha value is -1.08. The van der Waals surface area contributed by atoms with Crippen molar-refractivity contribution in [3.8, 4) is 0 Å². The fourth-order valence-corrected chi connectivity index (χ4v) is 1.44. The molecule has 0 saturated carbocycles. The molecule has 0 aliphatic heterocycles. The number of benzene rings is 1. The van der Waals surface area contributed by atoms with Crippen LogP contribution in [-0.4, -0.2) is 14.6 Å². The standard InChI is InChI=1S/C7H4F4O2S/c1-14(12,13)4-2-3(8)5(9)7(11)6(4)10/h2H,1H2,(H,12,13). The van der Waals surface area contributed by atoms with Gasteiger partial charge in [-0.3, -0.25) is 0 Å². The molecule has 14 heavy (non-hydrogen) atoms. The molecule has 0 saturated heterocycles. The van der Waals surface area contributed by atoms with Gasteiger partial charge in [-0.1, -0.05) is 0 Å². The van der Waals surface area contributed by atoms with Crippen LogP contribution in [0, 0.1) is 23.3 Å². The number of hydrogen-bond acceptors (Lipinski definition) is 1. The highest BCUT2D eigenvalue weighted by Gasteiger charge is 2.22. The lowest BCUT2D eigenvalue weighted by Gasteiger charge is -2.05. The van der Waals surface area contributed by atoms with E-state index in [1.807, 2.05) is 0 Å². The fourth-order valence-electron chi connectivity index (χ4n) is 0.783. The van der Waals surface area contributed by atoms with Gasteiger partial charge in [-0.25, -0.2) is 21.8 Å². The van der Waals surface area contributed by atoms with Crippen LogP contribution in [-0.2, 0) is 9.80 Å². The van der Waals surface area contributed by atoms with E-state index in [-0.39, 0.29) is 6.07 Å². The molecule has 0 aromatic heterocycles. The maximum absolute atomic E-state index is 12.8. The summed E-state index contributed by atoms with van der Waals surface area (Å²) in [6, 6.07) is 0.100. The fraction of sp³-hybridized carbons (Fsp3) is 0. The van der Waals surface area contributed by atoms with Crippen molar-refractivity contribution in [3.05, 3.63) is 29.3 Å². The van der Waals surface area contributed by atoms with Gasteiger partial charge < -0.3 is 4.55 Å². The van der Waals surface area contributed by atoms with Crippen LogP contribution in [0.5, 0.6) is 0 Å². The SMILES string of the molecule is C=S(=O)(O)c1cc(F)c(F)c(F)c1F. The van der Waals surface area contributed by atoms with Gasteiger partial charge in [0.05, 0.1) is 4.90 Å². The van der Waals surface area contributed by atoms with Crippen LogP contribution in [0.25, 0.3) is 0 Å². The Kier molecular flexibility index (Phi) is 2.55. The minimum absolute atomic E-state index is 0.100. The summed E-state index contributed by atoms with van der Waals surface area (Å²) in [6.07, 6.45) is 0. The maximum atomic E-state index is 12.8. The van der Waals surface area contributed by atoms with Crippen molar-refractivity contribution in [2.75, 3.05) is 0 Å². The Morgan fingerprint density at radius 1 is 1.14 bits per heavy atom. The summed E-state index contributed by atoms with van der Waals surface area (Å²) >= 11 is 0. The summed E-state index contributed by atoms with van der Waals surface area (Å²) in [5.41, 5.74) is 0. The topological polar surface area (TPSA) is 37.3 Å². The monoisotopic (exact) mass is 228 g/mol. The van der Waals surface area contributed by atoms with Gasteiger partial charge in [0.25, 0.3) is 0 Å². The molecule has 1 aromatic carbocycles. The normalized spacial score (nSPS) is 15.2. The molecule has 0 spiro atoms. The van der Waals surface area contributed by atoms with Crippen molar-refractivity contribution >= 4 is 15.7 Å². The third-order valence-corrected chi connectivity index (χ3v) is 2.40. The predicted octanol–water partition coefficient (Wildman–Crippen LogP) is 1.79. The first-order valence-corrected chi connectivity index (χ1v) is 4.86. The summed E-state index contributed by atoms with van der Waals surface area (Å²) in [5, 5.41) is 0. The Morgan fingerprint density at radius 2 is 1.64 bits per heavy atom. The average molecular weight is 228 g/mol. The van der Waals surface area contributed by atoms with Gasteiger partial charge in [0.2, 0.25) is 0 Å². The molecule has 1 aromatic rings. The number of rotatable bonds is 1. The molecule has 1 atom stereocenters. The average Bonchev–Trinajstić information content (AvgIpc) is 2.06. The van der Waals surface area contributed by atoms with Crippen LogP contribution < -0.4 is 0 Å². The summed E-state index contributed by atoms with van der Waals surface area (Å²) < 4.78 is 69.7. The first-order chi connectivity index (χ1) is 6.25. The highest BCUT2D eigenvalue weighted by Crippen LogP contribution is 2.21. The van der Waals surface area contributed by atoms with Gasteiger partial charge in [-0.2, -0.15) is 0 Å². The largest absolute Gasteiger partial charge is 0.310 e. The van der Waals surface area contributed by atoms with Crippen molar-refractivity contribution in [3.63, 3.8) is 0 Å². The van der Waals surface area contributed by atoms with E-state index in [0.29, 0.717) is 0 Å². The molecule has 0 heterocycles. The minimum atomic E-state index is -4.12. The first kappa shape index (κ1) is 11.0. The van der Waals surface area contributed by atoms with Crippen LogP contribution in [0.1, 0.15) is 0 Å². The third-order valence-electron chi connectivity index (χ3n) is 1.41. The van der Waals surface area contributed by atoms with Gasteiger partial charge in [0.1, 0.15) is 9.80 Å². The Morgan fingerprint density at radius 3 is 2.07 bits per heavy atom. The number of halogens is 4. The van der Waals surface area contributed by atoms with E-state index >= 15 is 0 Å². The molecule has 0 amide bonds. The molecule has 78 valence electrons. The Bertz CT molecular complexity index is 481. The Labute approximate surface area is 77.0 Å². The molecule has 0 bridgehead atoms. The molecule has 2 nitrogen and oxygen atoms in total. The van der Waals surface area contributed by atoms with Crippen molar-refractivity contribution in [1.82, 2.24) is 0 Å². The second kappa shape index (κ2) is 3.25. The van der Waals surface area contributed by atoms with Gasteiger partial charge in [0, 0.05) is 0 Å². The molecule has 1 rings (SSSR count). The van der Waals surface area contributed by atoms with Crippen LogP contribution in [0.4, 0.5) is 17.6 Å². The second-order valence-corrected chi connectivity index (χ2v) is 4.16. The minimum Gasteiger partial charge on any atom is -0.310 e. The summed E-state index contributed by atoms with van der Waals surface area (Å²) in [7, 11) is -4.12. The van der Waals surface area contributed by atoms with E-state index < -0.39 is 38.0 Å². The van der Waals surface area contributed by atoms with Crippen LogP contribution in [0.3, 0.4) is 0 Å². The highest BCUT2D eigenvalue weighted by atomic mass is 32.2. The first-order valence-electron chi connectivity index (χ1n) is 3.18. The molecule has 1 unspecified atom stereocenters. The van der Waals surface area contributed by atoms with Gasteiger partial charge >= 0.3 is 0 Å². The van der Waals surface area contributed by atoms with Crippen LogP contribution in [0.15, 0.2) is 11.0 Å². The van der Waals surface area contributed by atoms with Crippen molar-refractivity contribution in [2.45, 2.75) is 4.90 Å². The molecule has 0 aliphatic carbocycles. The summed E-state index contributed by atoms with van der Waals surface area (Å²) in [5.74, 6) is -5.22. The van der Waals surface area contributed by atoms with Crippen molar-refractivity contribution < 1.29 is 26.3 Å². The lowest BCUT2D eigenvalue weighted by molar-refractivity contribution is 0.395. The lowest BCUT2D eigenvalue weighted by Crippen LogP contribution is -2.07. The Balaban J connectivity index is 3.66. The van der Waals surface area contributed by atoms with E-state index in [2.05, 4.69) is 5.87 Å². The zero-order chi connectivity index (χ0) is 11.1. The van der Waals surface area contributed by atoms with Crippen molar-refractivity contribution in [1.29, 1.82) is 0 Å². The summed E-state index contributed by atoms with van der Waals surface area (Å²) in [4.78, 5) is -1.20. The van der Waals surface area contributed by atoms with E-state index in [9.17, 15) is 21.8 Å². The lowest BCUT2D eigenvalue weighted by atomic mass is 10.3. The zero-order valence-corrected chi connectivity index (χ0v) is 7.38. The molecule has 7 heteroatoms. The van der Waals surface area contributed by atoms with Gasteiger partial charge in [-0.15, -0.1) is 0 Å². The second-order valence-electron chi connectivity index (χ2n) is 2.44. The summed E-state index contributed by atoms with van der Waals surface area (Å²) in [6.45, 7) is 0. The third kappa shape index (κ3) is 1.73. The molecular weight excluding hydrogens is 224 g/mol. The van der Waals surface area contributed by atoms with Crippen LogP contribution in [0.2, 0.25) is 0 Å². The van der Waals surface area contributed by atoms with E-state index in [1.165, 1.54) is 0 Å². The van der Waals surface area contributed by atoms with E-state index in [0.717, 1.165) is 0 Å². The van der Waals surface area contributed by atoms with Crippen molar-refractivity contribution in [2.24, 2.45) is 0 Å². The molecule has 0 fully saturated rings. The number of hydrogen-bond donors (Lipinski definition) is 1. The zero-order valence-electron chi connectivity index (χ0n) is 6.56. The molecule has 1 N–H and O–H groups in total. The smallest absolute Gasteiger partial charge is 0.198 e. The maximum Gasteiger partial charge on any atom is 0.198 e. The van der Waals surface area contributed by atoms with E-state index in [1.54, 1.807) is 0 Å². The highest BCUT2D eigenvalue weighted by molar-refractivity contribution is 7.95.